The first kappa shape index (κ1) is 26.1. The molecule has 0 radical (unpaired) electrons. The molecule has 4 aromatic rings. The van der Waals surface area contributed by atoms with Crippen molar-refractivity contribution in [2.24, 2.45) is 0 Å². The summed E-state index contributed by atoms with van der Waals surface area (Å²) in [4.78, 5) is 22.6. The molecule has 0 bridgehead atoms. The van der Waals surface area contributed by atoms with Crippen LogP contribution in [-0.2, 0) is 4.74 Å². The molecule has 1 aromatic carbocycles. The maximum absolute atomic E-state index is 12.6. The minimum Gasteiger partial charge on any atom is -0.364 e. The zero-order chi connectivity index (χ0) is 26.5. The van der Waals surface area contributed by atoms with E-state index in [1.807, 2.05) is 50.2 Å². The lowest BCUT2D eigenvalue weighted by Gasteiger charge is -2.23. The van der Waals surface area contributed by atoms with E-state index in [9.17, 15) is 4.79 Å². The predicted octanol–water partition coefficient (Wildman–Crippen LogP) is 4.00. The van der Waals surface area contributed by atoms with Gasteiger partial charge in [0.1, 0.15) is 11.5 Å². The number of methoxy groups -OCH3 is 1. The Morgan fingerprint density at radius 1 is 1.13 bits per heavy atom. The number of anilines is 2. The molecule has 10 nitrogen and oxygen atoms in total. The Bertz CT molecular complexity index is 1400. The molecule has 38 heavy (non-hydrogen) atoms. The molecule has 3 aromatic heterocycles. The van der Waals surface area contributed by atoms with Crippen LogP contribution in [0.4, 0.5) is 11.8 Å². The zero-order valence-corrected chi connectivity index (χ0v) is 22.5. The first-order valence-corrected chi connectivity index (χ1v) is 13.4. The molecule has 1 saturated heterocycles. The molecule has 4 N–H and O–H groups in total. The highest BCUT2D eigenvalue weighted by Crippen LogP contribution is 2.27. The van der Waals surface area contributed by atoms with Gasteiger partial charge < -0.3 is 20.7 Å². The molecule has 0 saturated carbocycles. The highest BCUT2D eigenvalue weighted by molar-refractivity contribution is 7.97. The van der Waals surface area contributed by atoms with Crippen LogP contribution < -0.4 is 20.7 Å². The summed E-state index contributed by atoms with van der Waals surface area (Å²) in [5, 5.41) is 14.2. The average molecular weight is 533 g/mol. The molecule has 0 atom stereocenters. The van der Waals surface area contributed by atoms with E-state index in [4.69, 9.17) is 4.74 Å². The molecule has 1 aliphatic heterocycles. The van der Waals surface area contributed by atoms with E-state index in [2.05, 4.69) is 41.8 Å². The first-order valence-electron chi connectivity index (χ1n) is 12.6. The highest BCUT2D eigenvalue weighted by Gasteiger charge is 2.18. The lowest BCUT2D eigenvalue weighted by molar-refractivity contribution is 0.0155. The third-order valence-corrected chi connectivity index (χ3v) is 7.44. The summed E-state index contributed by atoms with van der Waals surface area (Å²) in [5.41, 5.74) is 2.71. The van der Waals surface area contributed by atoms with Gasteiger partial charge in [-0.3, -0.25) is 4.79 Å². The smallest absolute Gasteiger partial charge is 0.253 e. The second-order valence-corrected chi connectivity index (χ2v) is 10.5. The fourth-order valence-electron chi connectivity index (χ4n) is 4.07. The van der Waals surface area contributed by atoms with Gasteiger partial charge in [0.05, 0.1) is 11.3 Å². The van der Waals surface area contributed by atoms with Gasteiger partial charge in [-0.2, -0.15) is 4.98 Å². The second-order valence-electron chi connectivity index (χ2n) is 9.62. The minimum atomic E-state index is -0.448. The predicted molar refractivity (Wildman–Crippen MR) is 149 cm³/mol. The van der Waals surface area contributed by atoms with E-state index in [-0.39, 0.29) is 11.9 Å². The van der Waals surface area contributed by atoms with Crippen LogP contribution in [0.1, 0.15) is 37.0 Å². The van der Waals surface area contributed by atoms with Gasteiger partial charge in [0.2, 0.25) is 5.95 Å². The van der Waals surface area contributed by atoms with E-state index < -0.39 is 5.72 Å². The largest absolute Gasteiger partial charge is 0.364 e. The molecule has 0 spiro atoms. The fraction of sp³-hybridized carbons (Fsp3) is 0.333. The van der Waals surface area contributed by atoms with Crippen LogP contribution in [0.15, 0.2) is 65.7 Å². The standard InChI is InChI=1S/C27H32N8O2S/c1-27(2,37-3)34-38-21-7-4-6-18(16-21)22-8-5-9-24-32-26(33-35(22)24)31-23-11-10-19(17-29-23)25(36)30-20-12-14-28-15-13-20/h4-11,16-17,20,28,34H,12-15H2,1-3H3,(H,30,36)(H,29,31,33). The van der Waals surface area contributed by atoms with E-state index >= 15 is 0 Å². The van der Waals surface area contributed by atoms with Crippen molar-refractivity contribution in [3.8, 4) is 11.3 Å². The number of piperidine rings is 1. The number of nitrogens with zero attached hydrogens (tertiary/aromatic N) is 4. The quantitative estimate of drug-likeness (QED) is 0.187. The molecule has 1 aliphatic rings. The summed E-state index contributed by atoms with van der Waals surface area (Å²) < 4.78 is 10.6. The molecule has 4 heterocycles. The Morgan fingerprint density at radius 2 is 1.95 bits per heavy atom. The third-order valence-electron chi connectivity index (χ3n) is 6.35. The summed E-state index contributed by atoms with van der Waals surface area (Å²) >= 11 is 1.51. The van der Waals surface area contributed by atoms with Crippen molar-refractivity contribution in [3.05, 3.63) is 66.4 Å². The van der Waals surface area contributed by atoms with Gasteiger partial charge in [0.25, 0.3) is 5.91 Å². The Kier molecular flexibility index (Phi) is 7.89. The van der Waals surface area contributed by atoms with Crippen LogP contribution in [0.3, 0.4) is 0 Å². The van der Waals surface area contributed by atoms with Crippen molar-refractivity contribution >= 4 is 35.3 Å². The number of carbonyl (C=O) groups is 1. The van der Waals surface area contributed by atoms with E-state index in [1.165, 1.54) is 11.9 Å². The molecular weight excluding hydrogens is 500 g/mol. The number of benzene rings is 1. The number of pyridine rings is 2. The van der Waals surface area contributed by atoms with Crippen molar-refractivity contribution in [1.82, 2.24) is 34.9 Å². The van der Waals surface area contributed by atoms with Gasteiger partial charge in [-0.25, -0.2) is 14.2 Å². The van der Waals surface area contributed by atoms with Crippen LogP contribution in [0, 0.1) is 0 Å². The van der Waals surface area contributed by atoms with Crippen LogP contribution in [-0.4, -0.2) is 57.5 Å². The van der Waals surface area contributed by atoms with E-state index in [1.54, 1.807) is 30.0 Å². The summed E-state index contributed by atoms with van der Waals surface area (Å²) in [5.74, 6) is 0.879. The third kappa shape index (κ3) is 6.30. The van der Waals surface area contributed by atoms with Gasteiger partial charge in [-0.1, -0.05) is 18.2 Å². The van der Waals surface area contributed by atoms with Crippen LogP contribution in [0.25, 0.3) is 16.9 Å². The Morgan fingerprint density at radius 3 is 2.71 bits per heavy atom. The monoisotopic (exact) mass is 532 g/mol. The van der Waals surface area contributed by atoms with Gasteiger partial charge >= 0.3 is 0 Å². The van der Waals surface area contributed by atoms with Crippen LogP contribution in [0.2, 0.25) is 0 Å². The zero-order valence-electron chi connectivity index (χ0n) is 21.7. The fourth-order valence-corrected chi connectivity index (χ4v) is 4.85. The Labute approximate surface area is 226 Å². The number of aromatic nitrogens is 4. The SMILES string of the molecule is COC(C)(C)NSc1cccc(-c2cccc3nc(Nc4ccc(C(=O)NC5CCNCC5)cn4)nn23)c1. The molecule has 0 aliphatic carbocycles. The average Bonchev–Trinajstić information content (AvgIpc) is 3.35. The molecule has 0 unspecified atom stereocenters. The summed E-state index contributed by atoms with van der Waals surface area (Å²) in [6.07, 6.45) is 3.45. The number of ether oxygens (including phenoxy) is 1. The first-order chi connectivity index (χ1) is 18.4. The van der Waals surface area contributed by atoms with E-state index in [0.717, 1.165) is 42.1 Å². The molecule has 198 valence electrons. The van der Waals surface area contributed by atoms with Gasteiger partial charge in [0, 0.05) is 29.8 Å². The van der Waals surface area contributed by atoms with E-state index in [0.29, 0.717) is 23.0 Å². The molecule has 11 heteroatoms. The normalized spacial score (nSPS) is 14.5. The summed E-state index contributed by atoms with van der Waals surface area (Å²) in [6, 6.07) is 17.8. The number of hydrogen-bond donors (Lipinski definition) is 4. The number of rotatable bonds is 9. The lowest BCUT2D eigenvalue weighted by atomic mass is 10.1. The number of nitrogens with one attached hydrogen (secondary N) is 4. The van der Waals surface area contributed by atoms with Gasteiger partial charge in [-0.15, -0.1) is 5.10 Å². The van der Waals surface area contributed by atoms with Gasteiger partial charge in [0.15, 0.2) is 5.65 Å². The summed E-state index contributed by atoms with van der Waals surface area (Å²) in [7, 11) is 1.68. The number of fused-ring (bicyclic) bond motifs is 1. The van der Waals surface area contributed by atoms with Crippen LogP contribution >= 0.6 is 11.9 Å². The van der Waals surface area contributed by atoms with Crippen molar-refractivity contribution in [2.75, 3.05) is 25.5 Å². The van der Waals surface area contributed by atoms with Crippen molar-refractivity contribution in [1.29, 1.82) is 0 Å². The lowest BCUT2D eigenvalue weighted by Crippen LogP contribution is -2.42. The highest BCUT2D eigenvalue weighted by atomic mass is 32.2. The molecule has 1 fully saturated rings. The van der Waals surface area contributed by atoms with Crippen LogP contribution in [0.5, 0.6) is 0 Å². The number of carbonyl (C=O) groups excluding carboxylic acids is 1. The molecule has 5 rings (SSSR count). The van der Waals surface area contributed by atoms with Gasteiger partial charge in [-0.05, 0) is 88.1 Å². The maximum atomic E-state index is 12.6. The van der Waals surface area contributed by atoms with Crippen molar-refractivity contribution in [3.63, 3.8) is 0 Å². The molecule has 1 amide bonds. The maximum Gasteiger partial charge on any atom is 0.253 e. The number of hydrogen-bond acceptors (Lipinski definition) is 9. The number of amides is 1. The topological polar surface area (TPSA) is 118 Å². The Hall–Kier alpha value is -3.51. The molecular formula is C27H32N8O2S. The summed E-state index contributed by atoms with van der Waals surface area (Å²) in [6.45, 7) is 5.80. The van der Waals surface area contributed by atoms with Crippen molar-refractivity contribution in [2.45, 2.75) is 43.4 Å². The minimum absolute atomic E-state index is 0.104. The second kappa shape index (κ2) is 11.5. The van der Waals surface area contributed by atoms with Crippen molar-refractivity contribution < 1.29 is 9.53 Å². The Balaban J connectivity index is 1.29.